The Balaban J connectivity index is 1.30. The van der Waals surface area contributed by atoms with Gasteiger partial charge in [-0.1, -0.05) is 12.1 Å². The van der Waals surface area contributed by atoms with Crippen molar-refractivity contribution in [2.24, 2.45) is 5.92 Å². The third kappa shape index (κ3) is 5.60. The summed E-state index contributed by atoms with van der Waals surface area (Å²) in [5, 5.41) is 14.5. The van der Waals surface area contributed by atoms with Gasteiger partial charge in [0.2, 0.25) is 11.8 Å². The number of likely N-dealkylation sites (tertiary alicyclic amines) is 1. The number of amides is 2. The van der Waals surface area contributed by atoms with E-state index in [-0.39, 0.29) is 29.5 Å². The number of rotatable bonds is 8. The van der Waals surface area contributed by atoms with Gasteiger partial charge in [-0.25, -0.2) is 0 Å². The lowest BCUT2D eigenvalue weighted by Crippen LogP contribution is -2.62. The van der Waals surface area contributed by atoms with Gasteiger partial charge in [0.1, 0.15) is 5.75 Å². The van der Waals surface area contributed by atoms with E-state index in [1.54, 1.807) is 13.2 Å². The lowest BCUT2D eigenvalue weighted by Gasteiger charge is -2.49. The molecule has 0 saturated carbocycles. The van der Waals surface area contributed by atoms with E-state index in [2.05, 4.69) is 15.1 Å². The molecule has 0 aromatic heterocycles. The van der Waals surface area contributed by atoms with Crippen molar-refractivity contribution in [3.8, 4) is 5.75 Å². The molecule has 2 aromatic carbocycles. The number of nitrogens with zero attached hydrogens (tertiary/aromatic N) is 4. The van der Waals surface area contributed by atoms with Crippen LogP contribution >= 0.6 is 0 Å². The van der Waals surface area contributed by atoms with Gasteiger partial charge in [-0.05, 0) is 55.0 Å². The first-order valence-corrected chi connectivity index (χ1v) is 13.4. The number of carbonyl (C=O) groups is 2. The van der Waals surface area contributed by atoms with Crippen molar-refractivity contribution >= 4 is 23.2 Å². The van der Waals surface area contributed by atoms with Crippen LogP contribution in [0.5, 0.6) is 5.75 Å². The summed E-state index contributed by atoms with van der Waals surface area (Å²) in [4.78, 5) is 43.7. The zero-order valence-corrected chi connectivity index (χ0v) is 21.8. The fourth-order valence-corrected chi connectivity index (χ4v) is 5.94. The Kier molecular flexibility index (Phi) is 7.78. The molecule has 3 heterocycles. The predicted molar refractivity (Wildman–Crippen MR) is 143 cm³/mol. The highest BCUT2D eigenvalue weighted by atomic mass is 16.6. The number of non-ortho nitro benzene ring substituents is 1. The van der Waals surface area contributed by atoms with Crippen molar-refractivity contribution in [2.45, 2.75) is 31.7 Å². The van der Waals surface area contributed by atoms with Gasteiger partial charge in [-0.2, -0.15) is 0 Å². The number of carbonyl (C=O) groups excluding carboxylic acids is 2. The molecule has 3 aliphatic rings. The second kappa shape index (κ2) is 11.4. The van der Waals surface area contributed by atoms with Gasteiger partial charge in [-0.3, -0.25) is 24.6 Å². The zero-order valence-electron chi connectivity index (χ0n) is 21.8. The van der Waals surface area contributed by atoms with E-state index in [1.165, 1.54) is 6.07 Å². The van der Waals surface area contributed by atoms with E-state index in [9.17, 15) is 19.7 Å². The van der Waals surface area contributed by atoms with Crippen LogP contribution in [0, 0.1) is 16.0 Å². The molecular formula is C28H35N5O5. The number of methoxy groups -OCH3 is 1. The summed E-state index contributed by atoms with van der Waals surface area (Å²) in [5.41, 5.74) is 2.91. The Bertz CT molecular complexity index is 1180. The van der Waals surface area contributed by atoms with Gasteiger partial charge in [0.05, 0.1) is 30.5 Å². The number of nitro benzene ring substituents is 1. The van der Waals surface area contributed by atoms with Crippen molar-refractivity contribution < 1.29 is 19.2 Å². The zero-order chi connectivity index (χ0) is 26.6. The highest BCUT2D eigenvalue weighted by Gasteiger charge is 2.42. The van der Waals surface area contributed by atoms with Crippen LogP contribution in [0.3, 0.4) is 0 Å². The standard InChI is InChI=1S/C28H35N5O5/c1-38-23-7-4-20(5-8-23)10-11-29-28(35)24-17-21-16-22(33(36)37)6-9-25(21)32-15-14-30(18-26(24)32)19-27(34)31-12-2-3-13-31/h4-9,16,24,26H,2-3,10-15,17-19H2,1H3,(H,29,35)/t24-,26-/m1/s1. The fraction of sp³-hybridized carbons (Fsp3) is 0.500. The van der Waals surface area contributed by atoms with Gasteiger partial charge in [-0.15, -0.1) is 0 Å². The fourth-order valence-electron chi connectivity index (χ4n) is 5.94. The van der Waals surface area contributed by atoms with E-state index < -0.39 is 4.92 Å². The van der Waals surface area contributed by atoms with Crippen LogP contribution in [0.2, 0.25) is 0 Å². The molecule has 3 aliphatic heterocycles. The SMILES string of the molecule is COc1ccc(CCNC(=O)[C@@H]2Cc3cc([N+](=O)[O-])ccc3N3CCN(CC(=O)N4CCCC4)C[C@H]23)cc1. The van der Waals surface area contributed by atoms with Gasteiger partial charge in [0.15, 0.2) is 0 Å². The van der Waals surface area contributed by atoms with Gasteiger partial charge in [0.25, 0.3) is 5.69 Å². The Morgan fingerprint density at radius 3 is 2.55 bits per heavy atom. The Hall–Kier alpha value is -3.66. The molecule has 0 aliphatic carbocycles. The second-order valence-electron chi connectivity index (χ2n) is 10.4. The Morgan fingerprint density at radius 1 is 1.08 bits per heavy atom. The molecule has 1 N–H and O–H groups in total. The average molecular weight is 522 g/mol. The summed E-state index contributed by atoms with van der Waals surface area (Å²) in [6.45, 7) is 4.49. The van der Waals surface area contributed by atoms with Gasteiger partial charge >= 0.3 is 0 Å². The van der Waals surface area contributed by atoms with E-state index in [1.807, 2.05) is 35.2 Å². The summed E-state index contributed by atoms with van der Waals surface area (Å²) in [6.07, 6.45) is 3.24. The molecule has 2 atom stereocenters. The summed E-state index contributed by atoms with van der Waals surface area (Å²) in [7, 11) is 1.63. The van der Waals surface area contributed by atoms with Crippen molar-refractivity contribution in [3.63, 3.8) is 0 Å². The maximum atomic E-state index is 13.5. The summed E-state index contributed by atoms with van der Waals surface area (Å²) in [6, 6.07) is 12.6. The molecule has 38 heavy (non-hydrogen) atoms. The minimum Gasteiger partial charge on any atom is -0.497 e. The number of benzene rings is 2. The molecule has 202 valence electrons. The average Bonchev–Trinajstić information content (AvgIpc) is 3.48. The molecule has 0 radical (unpaired) electrons. The highest BCUT2D eigenvalue weighted by molar-refractivity contribution is 5.82. The number of piperazine rings is 1. The third-order valence-corrected chi connectivity index (χ3v) is 8.02. The van der Waals surface area contributed by atoms with Crippen LogP contribution in [0.25, 0.3) is 0 Å². The second-order valence-corrected chi connectivity index (χ2v) is 10.4. The lowest BCUT2D eigenvalue weighted by molar-refractivity contribution is -0.384. The molecule has 0 bridgehead atoms. The normalized spacial score (nSPS) is 21.0. The van der Waals surface area contributed by atoms with Crippen LogP contribution in [-0.2, 0) is 22.4 Å². The molecule has 2 aromatic rings. The molecule has 2 amide bonds. The minimum absolute atomic E-state index is 0.0377. The maximum Gasteiger partial charge on any atom is 0.269 e. The largest absolute Gasteiger partial charge is 0.497 e. The number of nitrogens with one attached hydrogen (secondary N) is 1. The first-order valence-electron chi connectivity index (χ1n) is 13.4. The van der Waals surface area contributed by atoms with Crippen molar-refractivity contribution in [1.82, 2.24) is 15.1 Å². The molecule has 0 unspecified atom stereocenters. The molecule has 2 saturated heterocycles. The summed E-state index contributed by atoms with van der Waals surface area (Å²) < 4.78 is 5.21. The molecule has 10 nitrogen and oxygen atoms in total. The molecule has 5 rings (SSSR count). The Labute approximate surface area is 222 Å². The monoisotopic (exact) mass is 521 g/mol. The van der Waals surface area contributed by atoms with Crippen molar-refractivity contribution in [2.75, 3.05) is 57.8 Å². The number of ether oxygens (including phenoxy) is 1. The van der Waals surface area contributed by atoms with Crippen molar-refractivity contribution in [3.05, 3.63) is 63.7 Å². The van der Waals surface area contributed by atoms with Crippen LogP contribution in [0.1, 0.15) is 24.0 Å². The van der Waals surface area contributed by atoms with E-state index in [0.29, 0.717) is 45.6 Å². The van der Waals surface area contributed by atoms with Gasteiger partial charge < -0.3 is 19.9 Å². The van der Waals surface area contributed by atoms with E-state index in [0.717, 1.165) is 48.5 Å². The van der Waals surface area contributed by atoms with Gasteiger partial charge in [0, 0.05) is 57.1 Å². The predicted octanol–water partition coefficient (Wildman–Crippen LogP) is 2.25. The first-order chi connectivity index (χ1) is 18.4. The van der Waals surface area contributed by atoms with Crippen LogP contribution < -0.4 is 15.0 Å². The quantitative estimate of drug-likeness (QED) is 0.419. The number of hydrogen-bond acceptors (Lipinski definition) is 7. The number of fused-ring (bicyclic) bond motifs is 3. The molecule has 0 spiro atoms. The van der Waals surface area contributed by atoms with Crippen LogP contribution in [-0.4, -0.2) is 85.5 Å². The summed E-state index contributed by atoms with van der Waals surface area (Å²) in [5.74, 6) is 0.518. The van der Waals surface area contributed by atoms with Crippen molar-refractivity contribution in [1.29, 1.82) is 0 Å². The molecule has 2 fully saturated rings. The van der Waals surface area contributed by atoms with Crippen LogP contribution in [0.15, 0.2) is 42.5 Å². The third-order valence-electron chi connectivity index (χ3n) is 8.02. The topological polar surface area (TPSA) is 108 Å². The summed E-state index contributed by atoms with van der Waals surface area (Å²) >= 11 is 0. The number of hydrogen-bond donors (Lipinski definition) is 1. The smallest absolute Gasteiger partial charge is 0.269 e. The maximum absolute atomic E-state index is 13.5. The van der Waals surface area contributed by atoms with E-state index >= 15 is 0 Å². The number of nitro groups is 1. The minimum atomic E-state index is -0.391. The van der Waals surface area contributed by atoms with Crippen LogP contribution in [0.4, 0.5) is 11.4 Å². The first kappa shape index (κ1) is 26.0. The Morgan fingerprint density at radius 2 is 1.84 bits per heavy atom. The molecule has 10 heteroatoms. The molecular weight excluding hydrogens is 486 g/mol. The lowest BCUT2D eigenvalue weighted by atomic mass is 9.83. The number of anilines is 1. The highest BCUT2D eigenvalue weighted by Crippen LogP contribution is 2.38. The van der Waals surface area contributed by atoms with E-state index in [4.69, 9.17) is 4.74 Å².